The number of hydrogen-bond acceptors (Lipinski definition) is 3. The van der Waals surface area contributed by atoms with E-state index < -0.39 is 0 Å². The predicted molar refractivity (Wildman–Crippen MR) is 86.6 cm³/mol. The summed E-state index contributed by atoms with van der Waals surface area (Å²) in [5.41, 5.74) is 0.591. The van der Waals surface area contributed by atoms with Gasteiger partial charge < -0.3 is 4.74 Å². The minimum atomic E-state index is -0.253. The monoisotopic (exact) mass is 361 g/mol. The standard InChI is InChI=1S/C15H20BrNO2.ClH/c1-12(11-17-9-5-2-6-10-17)19-15(18)13-7-3-4-8-14(13)16;/h3-4,7-8,12H,2,5-6,9-11H2,1H3;1H. The highest BCUT2D eigenvalue weighted by Gasteiger charge is 2.18. The zero-order chi connectivity index (χ0) is 13.7. The molecule has 2 rings (SSSR count). The quantitative estimate of drug-likeness (QED) is 0.761. The number of halogens is 2. The van der Waals surface area contributed by atoms with Crippen LogP contribution in [0.15, 0.2) is 28.7 Å². The molecule has 0 N–H and O–H groups in total. The first-order chi connectivity index (χ1) is 9.16. The molecule has 1 atom stereocenters. The molecule has 0 bridgehead atoms. The SMILES string of the molecule is CC(CN1CCCCC1)OC(=O)c1ccccc1Br.Cl. The summed E-state index contributed by atoms with van der Waals surface area (Å²) in [4.78, 5) is 14.4. The van der Waals surface area contributed by atoms with Crippen LogP contribution in [0.1, 0.15) is 36.5 Å². The summed E-state index contributed by atoms with van der Waals surface area (Å²) in [6.07, 6.45) is 3.76. The molecule has 0 aromatic heterocycles. The van der Waals surface area contributed by atoms with Crippen molar-refractivity contribution in [3.8, 4) is 0 Å². The summed E-state index contributed by atoms with van der Waals surface area (Å²) in [5, 5.41) is 0. The van der Waals surface area contributed by atoms with Gasteiger partial charge >= 0.3 is 5.97 Å². The van der Waals surface area contributed by atoms with Gasteiger partial charge in [0.25, 0.3) is 0 Å². The molecule has 1 aromatic carbocycles. The van der Waals surface area contributed by atoms with Gasteiger partial charge in [0.1, 0.15) is 6.10 Å². The molecule has 0 saturated carbocycles. The zero-order valence-electron chi connectivity index (χ0n) is 11.7. The highest BCUT2D eigenvalue weighted by Crippen LogP contribution is 2.18. The third-order valence-corrected chi connectivity index (χ3v) is 4.06. The van der Waals surface area contributed by atoms with E-state index in [1.54, 1.807) is 6.07 Å². The lowest BCUT2D eigenvalue weighted by Gasteiger charge is -2.28. The molecule has 5 heteroatoms. The van der Waals surface area contributed by atoms with Gasteiger partial charge in [0.15, 0.2) is 0 Å². The Morgan fingerprint density at radius 1 is 1.30 bits per heavy atom. The molecule has 1 aliphatic rings. The Bertz CT molecular complexity index is 436. The van der Waals surface area contributed by atoms with Gasteiger partial charge in [-0.15, -0.1) is 12.4 Å². The molecule has 1 unspecified atom stereocenters. The van der Waals surface area contributed by atoms with Crippen LogP contribution in [0.3, 0.4) is 0 Å². The first-order valence-electron chi connectivity index (χ1n) is 6.84. The summed E-state index contributed by atoms with van der Waals surface area (Å²) < 4.78 is 6.29. The number of carbonyl (C=O) groups is 1. The Hall–Kier alpha value is -0.580. The van der Waals surface area contributed by atoms with Gasteiger partial charge in [-0.2, -0.15) is 0 Å². The molecule has 0 amide bonds. The smallest absolute Gasteiger partial charge is 0.339 e. The van der Waals surface area contributed by atoms with Crippen LogP contribution in [0.5, 0.6) is 0 Å². The maximum absolute atomic E-state index is 12.0. The third kappa shape index (κ3) is 5.08. The number of ether oxygens (including phenoxy) is 1. The van der Waals surface area contributed by atoms with E-state index in [0.29, 0.717) is 5.56 Å². The maximum Gasteiger partial charge on any atom is 0.339 e. The van der Waals surface area contributed by atoms with Crippen molar-refractivity contribution in [2.75, 3.05) is 19.6 Å². The minimum absolute atomic E-state index is 0. The predicted octanol–water partition coefficient (Wildman–Crippen LogP) is 3.90. The van der Waals surface area contributed by atoms with Gasteiger partial charge in [0.2, 0.25) is 0 Å². The molecule has 1 fully saturated rings. The fourth-order valence-corrected chi connectivity index (χ4v) is 2.86. The van der Waals surface area contributed by atoms with Crippen LogP contribution in [0, 0.1) is 0 Å². The van der Waals surface area contributed by atoms with E-state index in [4.69, 9.17) is 4.74 Å². The number of piperidine rings is 1. The summed E-state index contributed by atoms with van der Waals surface area (Å²) in [6.45, 7) is 5.04. The Morgan fingerprint density at radius 3 is 2.60 bits per heavy atom. The van der Waals surface area contributed by atoms with E-state index >= 15 is 0 Å². The Morgan fingerprint density at radius 2 is 1.95 bits per heavy atom. The molecular formula is C15H21BrClNO2. The molecule has 1 saturated heterocycles. The molecule has 3 nitrogen and oxygen atoms in total. The van der Waals surface area contributed by atoms with Gasteiger partial charge in [0.05, 0.1) is 5.56 Å². The van der Waals surface area contributed by atoms with Gasteiger partial charge in [-0.1, -0.05) is 18.6 Å². The van der Waals surface area contributed by atoms with Crippen LogP contribution < -0.4 is 0 Å². The summed E-state index contributed by atoms with van der Waals surface area (Å²) in [6, 6.07) is 7.36. The van der Waals surface area contributed by atoms with E-state index in [0.717, 1.165) is 24.1 Å². The average Bonchev–Trinajstić information content (AvgIpc) is 2.40. The molecule has 0 aliphatic carbocycles. The van der Waals surface area contributed by atoms with Gasteiger partial charge in [-0.05, 0) is 60.9 Å². The van der Waals surface area contributed by atoms with Crippen molar-refractivity contribution < 1.29 is 9.53 Å². The van der Waals surface area contributed by atoms with E-state index in [1.165, 1.54) is 19.3 Å². The van der Waals surface area contributed by atoms with Crippen molar-refractivity contribution in [3.05, 3.63) is 34.3 Å². The first-order valence-corrected chi connectivity index (χ1v) is 7.64. The number of esters is 1. The van der Waals surface area contributed by atoms with Gasteiger partial charge in [-0.25, -0.2) is 4.79 Å². The number of carbonyl (C=O) groups excluding carboxylic acids is 1. The lowest BCUT2D eigenvalue weighted by Crippen LogP contribution is -2.37. The highest BCUT2D eigenvalue weighted by molar-refractivity contribution is 9.10. The van der Waals surface area contributed by atoms with E-state index in [9.17, 15) is 4.79 Å². The molecular weight excluding hydrogens is 342 g/mol. The van der Waals surface area contributed by atoms with Crippen molar-refractivity contribution in [3.63, 3.8) is 0 Å². The van der Waals surface area contributed by atoms with Crippen LogP contribution in [-0.4, -0.2) is 36.6 Å². The van der Waals surface area contributed by atoms with Crippen LogP contribution >= 0.6 is 28.3 Å². The number of nitrogens with zero attached hydrogens (tertiary/aromatic N) is 1. The van der Waals surface area contributed by atoms with Crippen LogP contribution in [-0.2, 0) is 4.74 Å². The summed E-state index contributed by atoms with van der Waals surface area (Å²) >= 11 is 3.37. The van der Waals surface area contributed by atoms with E-state index in [-0.39, 0.29) is 24.5 Å². The second kappa shape index (κ2) is 8.65. The largest absolute Gasteiger partial charge is 0.458 e. The normalized spacial score (nSPS) is 17.1. The third-order valence-electron chi connectivity index (χ3n) is 3.37. The van der Waals surface area contributed by atoms with Crippen LogP contribution in [0.25, 0.3) is 0 Å². The van der Waals surface area contributed by atoms with Gasteiger partial charge in [-0.3, -0.25) is 4.90 Å². The zero-order valence-corrected chi connectivity index (χ0v) is 14.1. The summed E-state index contributed by atoms with van der Waals surface area (Å²) in [5.74, 6) is -0.253. The molecule has 0 spiro atoms. The molecule has 1 aliphatic heterocycles. The van der Waals surface area contributed by atoms with Crippen molar-refractivity contribution in [2.45, 2.75) is 32.3 Å². The number of rotatable bonds is 4. The lowest BCUT2D eigenvalue weighted by atomic mass is 10.1. The van der Waals surface area contributed by atoms with Crippen LogP contribution in [0.4, 0.5) is 0 Å². The topological polar surface area (TPSA) is 29.5 Å². The number of hydrogen-bond donors (Lipinski definition) is 0. The van der Waals surface area contributed by atoms with E-state index in [2.05, 4.69) is 20.8 Å². The van der Waals surface area contributed by atoms with Crippen molar-refractivity contribution >= 4 is 34.3 Å². The number of benzene rings is 1. The van der Waals surface area contributed by atoms with Crippen molar-refractivity contribution in [2.24, 2.45) is 0 Å². The number of likely N-dealkylation sites (tertiary alicyclic amines) is 1. The average molecular weight is 363 g/mol. The van der Waals surface area contributed by atoms with Gasteiger partial charge in [0, 0.05) is 11.0 Å². The van der Waals surface area contributed by atoms with Crippen LogP contribution in [0.2, 0.25) is 0 Å². The molecule has 112 valence electrons. The minimum Gasteiger partial charge on any atom is -0.458 e. The molecule has 1 aromatic rings. The maximum atomic E-state index is 12.0. The second-order valence-electron chi connectivity index (χ2n) is 5.06. The molecule has 1 heterocycles. The van der Waals surface area contributed by atoms with E-state index in [1.807, 2.05) is 25.1 Å². The Kier molecular flexibility index (Phi) is 7.56. The lowest BCUT2D eigenvalue weighted by molar-refractivity contribution is 0.0235. The Labute approximate surface area is 135 Å². The van der Waals surface area contributed by atoms with Crippen molar-refractivity contribution in [1.82, 2.24) is 4.90 Å². The highest BCUT2D eigenvalue weighted by atomic mass is 79.9. The Balaban J connectivity index is 0.00000200. The summed E-state index contributed by atoms with van der Waals surface area (Å²) in [7, 11) is 0. The fourth-order valence-electron chi connectivity index (χ4n) is 2.42. The second-order valence-corrected chi connectivity index (χ2v) is 5.91. The van der Waals surface area contributed by atoms with Crippen molar-refractivity contribution in [1.29, 1.82) is 0 Å². The molecule has 20 heavy (non-hydrogen) atoms. The first kappa shape index (κ1) is 17.5. The molecule has 0 radical (unpaired) electrons. The fraction of sp³-hybridized carbons (Fsp3) is 0.533.